The number of carbonyl (C=O) groups is 1. The minimum absolute atomic E-state index is 0.0454. The molecule has 0 radical (unpaired) electrons. The van der Waals surface area contributed by atoms with Crippen LogP contribution < -0.4 is 5.32 Å². The quantitative estimate of drug-likeness (QED) is 0.582. The number of ketones is 1. The second-order valence-electron chi connectivity index (χ2n) is 3.09. The van der Waals surface area contributed by atoms with Crippen LogP contribution in [0.4, 0.5) is 0 Å². The predicted octanol–water partition coefficient (Wildman–Crippen LogP) is 2.38. The van der Waals surface area contributed by atoms with Crippen molar-refractivity contribution in [3.05, 3.63) is 47.7 Å². The van der Waals surface area contributed by atoms with E-state index in [9.17, 15) is 4.79 Å². The molecule has 0 spiro atoms. The van der Waals surface area contributed by atoms with E-state index in [4.69, 9.17) is 0 Å². The third-order valence-electron chi connectivity index (χ3n) is 1.86. The van der Waals surface area contributed by atoms with Gasteiger partial charge >= 0.3 is 0 Å². The van der Waals surface area contributed by atoms with Gasteiger partial charge in [-0.25, -0.2) is 0 Å². The Morgan fingerprint density at radius 2 is 2.00 bits per heavy atom. The summed E-state index contributed by atoms with van der Waals surface area (Å²) in [6.45, 7) is 4.74. The van der Waals surface area contributed by atoms with Crippen molar-refractivity contribution >= 4 is 5.78 Å². The molecule has 1 aromatic carbocycles. The van der Waals surface area contributed by atoms with Crippen LogP contribution in [0.5, 0.6) is 0 Å². The second-order valence-corrected chi connectivity index (χ2v) is 3.09. The van der Waals surface area contributed by atoms with Crippen LogP contribution in [-0.2, 0) is 0 Å². The number of carbonyl (C=O) groups excluding carboxylic acids is 1. The number of allylic oxidation sites excluding steroid dienone is 2. The summed E-state index contributed by atoms with van der Waals surface area (Å²) in [4.78, 5) is 11.6. The van der Waals surface area contributed by atoms with E-state index < -0.39 is 0 Å². The van der Waals surface area contributed by atoms with Gasteiger partial charge in [0.2, 0.25) is 0 Å². The van der Waals surface area contributed by atoms with E-state index in [0.29, 0.717) is 0 Å². The number of hydrogen-bond donors (Lipinski definition) is 1. The number of hydrogen-bond acceptors (Lipinski definition) is 2. The third-order valence-corrected chi connectivity index (χ3v) is 1.86. The third kappa shape index (κ3) is 3.05. The molecule has 0 aromatic heterocycles. The first kappa shape index (κ1) is 10.5. The van der Waals surface area contributed by atoms with E-state index in [1.807, 2.05) is 44.2 Å². The van der Waals surface area contributed by atoms with Crippen LogP contribution in [0, 0.1) is 0 Å². The highest BCUT2D eigenvalue weighted by atomic mass is 16.1. The Morgan fingerprint density at radius 1 is 1.36 bits per heavy atom. The van der Waals surface area contributed by atoms with Gasteiger partial charge < -0.3 is 5.32 Å². The molecule has 0 unspecified atom stereocenters. The van der Waals surface area contributed by atoms with Crippen molar-refractivity contribution in [2.45, 2.75) is 13.8 Å². The van der Waals surface area contributed by atoms with Crippen LogP contribution in [0.25, 0.3) is 0 Å². The molecule has 0 aliphatic heterocycles. The second kappa shape index (κ2) is 5.22. The van der Waals surface area contributed by atoms with E-state index >= 15 is 0 Å². The average Bonchev–Trinajstić information content (AvgIpc) is 2.19. The molecule has 1 aromatic rings. The maximum Gasteiger partial charge on any atom is 0.187 e. The Labute approximate surface area is 84.6 Å². The number of benzene rings is 1. The van der Waals surface area contributed by atoms with Gasteiger partial charge in [-0.3, -0.25) is 4.79 Å². The largest absolute Gasteiger partial charge is 0.389 e. The molecule has 0 aliphatic rings. The topological polar surface area (TPSA) is 29.1 Å². The molecule has 0 saturated heterocycles. The molecule has 74 valence electrons. The maximum absolute atomic E-state index is 11.6. The smallest absolute Gasteiger partial charge is 0.187 e. The summed E-state index contributed by atoms with van der Waals surface area (Å²) in [6, 6.07) is 9.26. The fraction of sp³-hybridized carbons (Fsp3) is 0.250. The minimum atomic E-state index is 0.0454. The van der Waals surface area contributed by atoms with E-state index in [0.717, 1.165) is 17.8 Å². The molecular formula is C12H15NO. The zero-order chi connectivity index (χ0) is 10.4. The number of nitrogens with one attached hydrogen (secondary N) is 1. The average molecular weight is 189 g/mol. The van der Waals surface area contributed by atoms with Crippen molar-refractivity contribution in [1.82, 2.24) is 5.32 Å². The van der Waals surface area contributed by atoms with Crippen molar-refractivity contribution in [3.63, 3.8) is 0 Å². The number of rotatable bonds is 4. The fourth-order valence-electron chi connectivity index (χ4n) is 1.21. The van der Waals surface area contributed by atoms with E-state index in [-0.39, 0.29) is 5.78 Å². The normalized spacial score (nSPS) is 11.1. The lowest BCUT2D eigenvalue weighted by Crippen LogP contribution is -2.11. The summed E-state index contributed by atoms with van der Waals surface area (Å²) in [5, 5.41) is 3.09. The summed E-state index contributed by atoms with van der Waals surface area (Å²) >= 11 is 0. The van der Waals surface area contributed by atoms with Crippen LogP contribution in [-0.4, -0.2) is 12.3 Å². The maximum atomic E-state index is 11.6. The Balaban J connectivity index is 2.72. The van der Waals surface area contributed by atoms with Crippen LogP contribution in [0.1, 0.15) is 24.2 Å². The Morgan fingerprint density at radius 3 is 2.57 bits per heavy atom. The predicted molar refractivity (Wildman–Crippen MR) is 58.2 cm³/mol. The van der Waals surface area contributed by atoms with Crippen LogP contribution >= 0.6 is 0 Å². The summed E-state index contributed by atoms with van der Waals surface area (Å²) in [7, 11) is 0. The summed E-state index contributed by atoms with van der Waals surface area (Å²) in [6.07, 6.45) is 1.62. The standard InChI is InChI=1S/C12H15NO/c1-3-13-10(2)9-12(14)11-7-5-4-6-8-11/h4-9,13H,3H2,1-2H3/b10-9+. The molecule has 0 amide bonds. The monoisotopic (exact) mass is 189 g/mol. The molecule has 0 saturated carbocycles. The molecule has 0 aliphatic carbocycles. The van der Waals surface area contributed by atoms with Crippen molar-refractivity contribution < 1.29 is 4.79 Å². The van der Waals surface area contributed by atoms with Gasteiger partial charge in [0.25, 0.3) is 0 Å². The van der Waals surface area contributed by atoms with Gasteiger partial charge in [-0.15, -0.1) is 0 Å². The van der Waals surface area contributed by atoms with Gasteiger partial charge in [-0.2, -0.15) is 0 Å². The van der Waals surface area contributed by atoms with Crippen LogP contribution in [0.3, 0.4) is 0 Å². The van der Waals surface area contributed by atoms with Crippen molar-refractivity contribution in [1.29, 1.82) is 0 Å². The zero-order valence-corrected chi connectivity index (χ0v) is 8.58. The highest BCUT2D eigenvalue weighted by Gasteiger charge is 2.00. The summed E-state index contributed by atoms with van der Waals surface area (Å²) < 4.78 is 0. The Kier molecular flexibility index (Phi) is 3.92. The molecule has 0 heterocycles. The molecule has 0 bridgehead atoms. The first-order chi connectivity index (χ1) is 6.74. The van der Waals surface area contributed by atoms with E-state index in [2.05, 4.69) is 5.32 Å². The van der Waals surface area contributed by atoms with Crippen molar-refractivity contribution in [2.75, 3.05) is 6.54 Å². The van der Waals surface area contributed by atoms with E-state index in [1.54, 1.807) is 6.08 Å². The molecule has 1 N–H and O–H groups in total. The van der Waals surface area contributed by atoms with Gasteiger partial charge in [0, 0.05) is 23.9 Å². The lowest BCUT2D eigenvalue weighted by atomic mass is 10.1. The lowest BCUT2D eigenvalue weighted by molar-refractivity contribution is 0.104. The molecule has 2 nitrogen and oxygen atoms in total. The first-order valence-corrected chi connectivity index (χ1v) is 4.75. The van der Waals surface area contributed by atoms with Crippen molar-refractivity contribution in [2.24, 2.45) is 0 Å². The summed E-state index contributed by atoms with van der Waals surface area (Å²) in [5.41, 5.74) is 1.63. The highest BCUT2D eigenvalue weighted by Crippen LogP contribution is 2.02. The van der Waals surface area contributed by atoms with Gasteiger partial charge in [-0.1, -0.05) is 30.3 Å². The fourth-order valence-corrected chi connectivity index (χ4v) is 1.21. The van der Waals surface area contributed by atoms with Crippen LogP contribution in [0.2, 0.25) is 0 Å². The minimum Gasteiger partial charge on any atom is -0.389 e. The first-order valence-electron chi connectivity index (χ1n) is 4.75. The highest BCUT2D eigenvalue weighted by molar-refractivity contribution is 6.04. The SMILES string of the molecule is CCN/C(C)=C/C(=O)c1ccccc1. The lowest BCUT2D eigenvalue weighted by Gasteiger charge is -2.01. The Bertz CT molecular complexity index is 327. The van der Waals surface area contributed by atoms with Gasteiger partial charge in [0.05, 0.1) is 0 Å². The van der Waals surface area contributed by atoms with Crippen molar-refractivity contribution in [3.8, 4) is 0 Å². The van der Waals surface area contributed by atoms with E-state index in [1.165, 1.54) is 0 Å². The Hall–Kier alpha value is -1.57. The van der Waals surface area contributed by atoms with Crippen LogP contribution in [0.15, 0.2) is 42.1 Å². The molecule has 0 fully saturated rings. The molecule has 2 heteroatoms. The molecular weight excluding hydrogens is 174 g/mol. The van der Waals surface area contributed by atoms with Gasteiger partial charge in [-0.05, 0) is 13.8 Å². The summed E-state index contributed by atoms with van der Waals surface area (Å²) in [5.74, 6) is 0.0454. The molecule has 1 rings (SSSR count). The van der Waals surface area contributed by atoms with Gasteiger partial charge in [0.15, 0.2) is 5.78 Å². The van der Waals surface area contributed by atoms with Gasteiger partial charge in [0.1, 0.15) is 0 Å². The molecule has 14 heavy (non-hydrogen) atoms. The molecule has 0 atom stereocenters. The zero-order valence-electron chi connectivity index (χ0n) is 8.58.